The van der Waals surface area contributed by atoms with Gasteiger partial charge in [-0.25, -0.2) is 9.98 Å². The minimum absolute atomic E-state index is 0.0782. The first-order valence-corrected chi connectivity index (χ1v) is 17.4. The average molecular weight is 716 g/mol. The van der Waals surface area contributed by atoms with Crippen molar-refractivity contribution in [3.05, 3.63) is 88.4 Å². The maximum atomic E-state index is 11.7. The topological polar surface area (TPSA) is 126 Å². The number of benzene rings is 3. The van der Waals surface area contributed by atoms with E-state index in [4.69, 9.17) is 43.4 Å². The highest BCUT2D eigenvalue weighted by atomic mass is 35.5. The Bertz CT molecular complexity index is 1960. The molecule has 1 unspecified atom stereocenters. The van der Waals surface area contributed by atoms with Gasteiger partial charge in [-0.15, -0.1) is 0 Å². The minimum atomic E-state index is -0.796. The van der Waals surface area contributed by atoms with Gasteiger partial charge in [-0.3, -0.25) is 9.69 Å². The van der Waals surface area contributed by atoms with Gasteiger partial charge >= 0.3 is 0 Å². The van der Waals surface area contributed by atoms with Crippen molar-refractivity contribution in [2.24, 2.45) is 10.7 Å². The third-order valence-corrected chi connectivity index (χ3v) is 10.6. The molecule has 1 amide bonds. The highest BCUT2D eigenvalue weighted by Crippen LogP contribution is 2.43. The number of nitrogens with zero attached hydrogens (tertiary/aromatic N) is 4. The molecule has 7 rings (SSSR count). The normalized spacial score (nSPS) is 19.3. The number of hydrogen-bond donors (Lipinski definition) is 3. The fraction of sp³-hybridized carbons (Fsp3) is 0.342. The number of aliphatic imine (C=N–C) groups is 1. The number of guanidine groups is 1. The Kier molecular flexibility index (Phi) is 9.15. The van der Waals surface area contributed by atoms with E-state index in [1.54, 1.807) is 12.0 Å². The van der Waals surface area contributed by atoms with Crippen LogP contribution in [0.25, 0.3) is 33.5 Å². The maximum absolute atomic E-state index is 11.7. The number of pyridine rings is 1. The number of rotatable bonds is 10. The van der Waals surface area contributed by atoms with E-state index in [2.05, 4.69) is 15.2 Å². The van der Waals surface area contributed by atoms with E-state index in [9.17, 15) is 9.90 Å². The molecule has 50 heavy (non-hydrogen) atoms. The number of halogens is 2. The number of carbonyl (C=O) groups excluding carboxylic acids is 1. The van der Waals surface area contributed by atoms with Crippen LogP contribution in [0.5, 0.6) is 11.6 Å². The molecule has 0 radical (unpaired) electrons. The van der Waals surface area contributed by atoms with Gasteiger partial charge in [0.05, 0.1) is 34.9 Å². The van der Waals surface area contributed by atoms with Gasteiger partial charge in [0.15, 0.2) is 12.2 Å². The predicted octanol–water partition coefficient (Wildman–Crippen LogP) is 5.97. The zero-order valence-corrected chi connectivity index (χ0v) is 29.8. The summed E-state index contributed by atoms with van der Waals surface area (Å²) in [6, 6.07) is 23.5. The van der Waals surface area contributed by atoms with Gasteiger partial charge in [-0.1, -0.05) is 77.8 Å². The Labute approximate surface area is 301 Å². The largest absolute Gasteiger partial charge is 0.492 e. The summed E-state index contributed by atoms with van der Waals surface area (Å²) in [5, 5.41) is 14.8. The fourth-order valence-electron chi connectivity index (χ4n) is 7.14. The standard InChI is InChI=1S/C38H40Cl2N6O4/c1-37(2)35(48)46(36(41)44-37)18-19-50-25-13-10-23(11-14-25)26-6-4-7-27(32(26)39)28-8-5-9-29(33(28)40)30-15-12-24(34(42-30)49-3)20-45-21-38(22-45)17-16-31(47)43-38/h4-15,35,48H,16-22H2,1-3H3,(H2,41,44)(H,43,47). The number of carbonyl (C=O) groups is 1. The van der Waals surface area contributed by atoms with Crippen LogP contribution in [0.15, 0.2) is 77.8 Å². The first kappa shape index (κ1) is 34.1. The number of hydrogen-bond acceptors (Lipinski definition) is 9. The summed E-state index contributed by atoms with van der Waals surface area (Å²) in [5.74, 6) is 1.68. The van der Waals surface area contributed by atoms with Crippen LogP contribution in [0.3, 0.4) is 0 Å². The van der Waals surface area contributed by atoms with Gasteiger partial charge in [0.25, 0.3) is 0 Å². The van der Waals surface area contributed by atoms with Crippen molar-refractivity contribution >= 4 is 35.1 Å². The minimum Gasteiger partial charge on any atom is -0.492 e. The van der Waals surface area contributed by atoms with Crippen molar-refractivity contribution in [2.75, 3.05) is 33.4 Å². The maximum Gasteiger partial charge on any atom is 0.220 e. The molecule has 0 aliphatic carbocycles. The van der Waals surface area contributed by atoms with Gasteiger partial charge in [-0.05, 0) is 44.0 Å². The lowest BCUT2D eigenvalue weighted by Crippen LogP contribution is -2.66. The zero-order valence-electron chi connectivity index (χ0n) is 28.2. The van der Waals surface area contributed by atoms with Crippen LogP contribution >= 0.6 is 23.2 Å². The summed E-state index contributed by atoms with van der Waals surface area (Å²) in [6.07, 6.45) is 0.692. The Balaban J connectivity index is 1.05. The van der Waals surface area contributed by atoms with Crippen molar-refractivity contribution in [1.29, 1.82) is 0 Å². The molecule has 260 valence electrons. The lowest BCUT2D eigenvalue weighted by Gasteiger charge is -2.48. The Hall–Kier alpha value is -4.35. The van der Waals surface area contributed by atoms with Crippen molar-refractivity contribution in [3.63, 3.8) is 0 Å². The average Bonchev–Trinajstić information content (AvgIpc) is 3.57. The molecule has 1 spiro atoms. The molecule has 4 N–H and O–H groups in total. The number of aliphatic hydroxyl groups excluding tert-OH is 1. The molecule has 0 saturated carbocycles. The van der Waals surface area contributed by atoms with Crippen LogP contribution in [0.4, 0.5) is 0 Å². The lowest BCUT2D eigenvalue weighted by atomic mass is 9.88. The molecular formula is C38H40Cl2N6O4. The van der Waals surface area contributed by atoms with E-state index >= 15 is 0 Å². The van der Waals surface area contributed by atoms with E-state index < -0.39 is 11.8 Å². The summed E-state index contributed by atoms with van der Waals surface area (Å²) in [4.78, 5) is 24.8. The quantitative estimate of drug-likeness (QED) is 0.184. The first-order chi connectivity index (χ1) is 24.0. The second-order valence-corrected chi connectivity index (χ2v) is 14.5. The van der Waals surface area contributed by atoms with E-state index in [1.807, 2.05) is 86.6 Å². The van der Waals surface area contributed by atoms with E-state index in [1.165, 1.54) is 0 Å². The lowest BCUT2D eigenvalue weighted by molar-refractivity contribution is -0.120. The van der Waals surface area contributed by atoms with Crippen molar-refractivity contribution in [2.45, 2.75) is 50.5 Å². The van der Waals surface area contributed by atoms with Crippen LogP contribution in [0.2, 0.25) is 10.0 Å². The summed E-state index contributed by atoms with van der Waals surface area (Å²) < 4.78 is 11.7. The van der Waals surface area contributed by atoms with E-state index in [0.717, 1.165) is 52.9 Å². The number of aromatic nitrogens is 1. The number of nitrogens with one attached hydrogen (secondary N) is 1. The Morgan fingerprint density at radius 1 is 0.960 bits per heavy atom. The number of aliphatic hydroxyl groups is 1. The molecule has 1 atom stereocenters. The van der Waals surface area contributed by atoms with Gasteiger partial charge in [0.1, 0.15) is 17.9 Å². The third kappa shape index (κ3) is 6.49. The fourth-order valence-corrected chi connectivity index (χ4v) is 7.81. The second-order valence-electron chi connectivity index (χ2n) is 13.7. The molecule has 3 aliphatic rings. The van der Waals surface area contributed by atoms with Crippen LogP contribution in [-0.2, 0) is 11.3 Å². The number of amides is 1. The molecule has 0 bridgehead atoms. The van der Waals surface area contributed by atoms with E-state index in [-0.39, 0.29) is 11.4 Å². The molecule has 3 aliphatic heterocycles. The molecular weight excluding hydrogens is 675 g/mol. The SMILES string of the molecule is COc1nc(-c2cccc(-c3cccc(-c4ccc(OCCN5C(N)=NC(C)(C)C5O)cc4)c3Cl)c2Cl)ccc1CN1CC2(CCC(=O)N2)C1. The van der Waals surface area contributed by atoms with Gasteiger partial charge in [0.2, 0.25) is 11.8 Å². The van der Waals surface area contributed by atoms with Crippen molar-refractivity contribution in [3.8, 4) is 45.1 Å². The van der Waals surface area contributed by atoms with Crippen LogP contribution < -0.4 is 20.5 Å². The Morgan fingerprint density at radius 3 is 2.24 bits per heavy atom. The molecule has 3 aromatic carbocycles. The number of methoxy groups -OCH3 is 1. The summed E-state index contributed by atoms with van der Waals surface area (Å²) >= 11 is 14.2. The third-order valence-electron chi connectivity index (χ3n) is 9.77. The molecule has 4 aromatic rings. The van der Waals surface area contributed by atoms with Crippen molar-refractivity contribution < 1.29 is 19.4 Å². The molecule has 12 heteroatoms. The molecule has 4 heterocycles. The number of likely N-dealkylation sites (tertiary alicyclic amines) is 1. The zero-order chi connectivity index (χ0) is 35.2. The van der Waals surface area contributed by atoms with Crippen LogP contribution in [0.1, 0.15) is 32.3 Å². The summed E-state index contributed by atoms with van der Waals surface area (Å²) in [5.41, 5.74) is 11.1. The molecule has 10 nitrogen and oxygen atoms in total. The number of nitrogens with two attached hydrogens (primary N) is 1. The summed E-state index contributed by atoms with van der Waals surface area (Å²) in [7, 11) is 1.62. The monoisotopic (exact) mass is 714 g/mol. The Morgan fingerprint density at radius 2 is 1.62 bits per heavy atom. The molecule has 1 aromatic heterocycles. The van der Waals surface area contributed by atoms with Gasteiger partial charge < -0.3 is 30.5 Å². The number of ether oxygens (including phenoxy) is 2. The predicted molar refractivity (Wildman–Crippen MR) is 196 cm³/mol. The molecule has 2 saturated heterocycles. The smallest absolute Gasteiger partial charge is 0.220 e. The highest BCUT2D eigenvalue weighted by Gasteiger charge is 2.47. The first-order valence-electron chi connectivity index (χ1n) is 16.7. The highest BCUT2D eigenvalue weighted by molar-refractivity contribution is 6.39. The van der Waals surface area contributed by atoms with Crippen LogP contribution in [-0.4, -0.2) is 82.4 Å². The van der Waals surface area contributed by atoms with E-state index in [0.29, 0.717) is 59.4 Å². The second kappa shape index (κ2) is 13.4. The van der Waals surface area contributed by atoms with Gasteiger partial charge in [0, 0.05) is 53.9 Å². The van der Waals surface area contributed by atoms with Crippen molar-refractivity contribution in [1.82, 2.24) is 20.1 Å². The van der Waals surface area contributed by atoms with Gasteiger partial charge in [-0.2, -0.15) is 0 Å². The summed E-state index contributed by atoms with van der Waals surface area (Å²) in [6.45, 7) is 6.75. The van der Waals surface area contributed by atoms with Crippen LogP contribution in [0, 0.1) is 0 Å². The molecule has 2 fully saturated rings.